The first kappa shape index (κ1) is 13.1. The molecule has 0 radical (unpaired) electrons. The molecule has 1 atom stereocenters. The summed E-state index contributed by atoms with van der Waals surface area (Å²) in [6, 6.07) is 4.94. The summed E-state index contributed by atoms with van der Waals surface area (Å²) in [4.78, 5) is 10.3. The third-order valence-electron chi connectivity index (χ3n) is 2.46. The van der Waals surface area contributed by atoms with E-state index in [-0.39, 0.29) is 11.7 Å². The van der Waals surface area contributed by atoms with Gasteiger partial charge in [0.25, 0.3) is 5.69 Å². The van der Waals surface area contributed by atoms with Crippen LogP contribution in [0.4, 0.5) is 5.69 Å². The van der Waals surface area contributed by atoms with Crippen molar-refractivity contribution in [2.45, 2.75) is 32.2 Å². The summed E-state index contributed by atoms with van der Waals surface area (Å²) < 4.78 is 0.490. The molecule has 1 aromatic rings. The Kier molecular flexibility index (Phi) is 4.89. The van der Waals surface area contributed by atoms with E-state index >= 15 is 0 Å². The molecule has 0 spiro atoms. The Morgan fingerprint density at radius 3 is 2.81 bits per heavy atom. The number of hydrogen-bond acceptors (Lipinski definition) is 3. The Bertz CT molecular complexity index is 382. The van der Waals surface area contributed by atoms with E-state index in [0.29, 0.717) is 4.47 Å². The molecule has 4 nitrogen and oxygen atoms in total. The molecular weight excluding hydrogens is 272 g/mol. The number of rotatable bonds is 5. The van der Waals surface area contributed by atoms with Gasteiger partial charge in [-0.2, -0.15) is 0 Å². The molecule has 0 heterocycles. The van der Waals surface area contributed by atoms with Crippen molar-refractivity contribution < 1.29 is 4.92 Å². The summed E-state index contributed by atoms with van der Waals surface area (Å²) in [6.45, 7) is 2.09. The predicted molar refractivity (Wildman–Crippen MR) is 67.2 cm³/mol. The van der Waals surface area contributed by atoms with E-state index in [4.69, 9.17) is 5.73 Å². The van der Waals surface area contributed by atoms with Gasteiger partial charge in [0, 0.05) is 12.1 Å². The first-order chi connectivity index (χ1) is 7.56. The van der Waals surface area contributed by atoms with Gasteiger partial charge in [0.2, 0.25) is 0 Å². The molecule has 0 bridgehead atoms. The minimum Gasteiger partial charge on any atom is -0.324 e. The third kappa shape index (κ3) is 3.28. The monoisotopic (exact) mass is 286 g/mol. The molecule has 2 N–H and O–H groups in total. The second-order valence-corrected chi connectivity index (χ2v) is 4.57. The number of nitrogens with zero attached hydrogens (tertiary/aromatic N) is 1. The Balaban J connectivity index is 2.89. The fourth-order valence-corrected chi connectivity index (χ4v) is 1.88. The molecule has 0 fully saturated rings. The topological polar surface area (TPSA) is 69.2 Å². The largest absolute Gasteiger partial charge is 0.324 e. The number of hydrogen-bond donors (Lipinski definition) is 1. The number of nitro benzene ring substituents is 1. The van der Waals surface area contributed by atoms with Crippen LogP contribution >= 0.6 is 15.9 Å². The van der Waals surface area contributed by atoms with E-state index in [1.807, 2.05) is 6.07 Å². The van der Waals surface area contributed by atoms with Crippen LogP contribution in [0.2, 0.25) is 0 Å². The maximum atomic E-state index is 10.7. The molecular formula is C11H15BrN2O2. The van der Waals surface area contributed by atoms with Crippen LogP contribution in [0.5, 0.6) is 0 Å². The highest BCUT2D eigenvalue weighted by molar-refractivity contribution is 9.10. The number of nitro groups is 1. The lowest BCUT2D eigenvalue weighted by Gasteiger charge is -2.11. The Morgan fingerprint density at radius 2 is 2.25 bits per heavy atom. The molecule has 0 aliphatic rings. The van der Waals surface area contributed by atoms with Crippen LogP contribution in [0.3, 0.4) is 0 Å². The first-order valence-electron chi connectivity index (χ1n) is 5.25. The van der Waals surface area contributed by atoms with Crippen LogP contribution in [-0.2, 0) is 0 Å². The minimum atomic E-state index is -0.403. The summed E-state index contributed by atoms with van der Waals surface area (Å²) in [5.74, 6) is 0. The Morgan fingerprint density at radius 1 is 1.56 bits per heavy atom. The van der Waals surface area contributed by atoms with Crippen LogP contribution in [0.25, 0.3) is 0 Å². The van der Waals surface area contributed by atoms with Crippen LogP contribution in [0.1, 0.15) is 37.8 Å². The summed E-state index contributed by atoms with van der Waals surface area (Å²) in [6.07, 6.45) is 2.96. The zero-order valence-corrected chi connectivity index (χ0v) is 10.7. The maximum absolute atomic E-state index is 10.7. The highest BCUT2D eigenvalue weighted by atomic mass is 79.9. The van der Waals surface area contributed by atoms with E-state index in [2.05, 4.69) is 22.9 Å². The van der Waals surface area contributed by atoms with Gasteiger partial charge in [-0.25, -0.2) is 0 Å². The fourth-order valence-electron chi connectivity index (χ4n) is 1.49. The second-order valence-electron chi connectivity index (χ2n) is 3.72. The molecule has 1 aromatic carbocycles. The maximum Gasteiger partial charge on any atom is 0.283 e. The van der Waals surface area contributed by atoms with E-state index in [1.165, 1.54) is 0 Å². The molecule has 1 rings (SSSR count). The van der Waals surface area contributed by atoms with Gasteiger partial charge in [0.05, 0.1) is 9.40 Å². The van der Waals surface area contributed by atoms with Crippen LogP contribution in [0, 0.1) is 10.1 Å². The SMILES string of the molecule is CCCC[C@H](N)c1ccc(Br)c([N+](=O)[O-])c1. The molecule has 16 heavy (non-hydrogen) atoms. The van der Waals surface area contributed by atoms with Crippen LogP contribution in [-0.4, -0.2) is 4.92 Å². The molecule has 0 aromatic heterocycles. The Hall–Kier alpha value is -0.940. The molecule has 5 heteroatoms. The number of unbranched alkanes of at least 4 members (excludes halogenated alkanes) is 1. The van der Waals surface area contributed by atoms with E-state index in [9.17, 15) is 10.1 Å². The number of halogens is 1. The molecule has 0 aliphatic carbocycles. The highest BCUT2D eigenvalue weighted by Gasteiger charge is 2.15. The molecule has 0 unspecified atom stereocenters. The molecule has 0 saturated carbocycles. The van der Waals surface area contributed by atoms with Crippen molar-refractivity contribution >= 4 is 21.6 Å². The lowest BCUT2D eigenvalue weighted by Crippen LogP contribution is -2.10. The minimum absolute atomic E-state index is 0.0736. The van der Waals surface area contributed by atoms with Crippen molar-refractivity contribution in [3.8, 4) is 0 Å². The molecule has 0 saturated heterocycles. The average molecular weight is 287 g/mol. The van der Waals surface area contributed by atoms with Crippen molar-refractivity contribution in [2.75, 3.05) is 0 Å². The summed E-state index contributed by atoms with van der Waals surface area (Å²) in [5.41, 5.74) is 6.86. The van der Waals surface area contributed by atoms with Gasteiger partial charge in [-0.05, 0) is 34.0 Å². The van der Waals surface area contributed by atoms with Gasteiger partial charge in [-0.3, -0.25) is 10.1 Å². The fraction of sp³-hybridized carbons (Fsp3) is 0.455. The summed E-state index contributed by atoms with van der Waals surface area (Å²) in [7, 11) is 0. The molecule has 0 amide bonds. The van der Waals surface area contributed by atoms with Crippen molar-refractivity contribution in [3.63, 3.8) is 0 Å². The van der Waals surface area contributed by atoms with Crippen molar-refractivity contribution in [2.24, 2.45) is 5.73 Å². The molecule has 0 aliphatic heterocycles. The lowest BCUT2D eigenvalue weighted by atomic mass is 10.0. The zero-order valence-electron chi connectivity index (χ0n) is 9.15. The smallest absolute Gasteiger partial charge is 0.283 e. The van der Waals surface area contributed by atoms with Gasteiger partial charge >= 0.3 is 0 Å². The molecule has 88 valence electrons. The van der Waals surface area contributed by atoms with Crippen LogP contribution < -0.4 is 5.73 Å². The van der Waals surface area contributed by atoms with Crippen molar-refractivity contribution in [1.82, 2.24) is 0 Å². The first-order valence-corrected chi connectivity index (χ1v) is 6.05. The standard InChI is InChI=1S/C11H15BrN2O2/c1-2-3-4-10(13)8-5-6-9(12)11(7-8)14(15)16/h5-7,10H,2-4,13H2,1H3/t10-/m0/s1. The normalized spacial score (nSPS) is 12.4. The quantitative estimate of drug-likeness (QED) is 0.665. The second kappa shape index (κ2) is 5.96. The lowest BCUT2D eigenvalue weighted by molar-refractivity contribution is -0.385. The van der Waals surface area contributed by atoms with Crippen molar-refractivity contribution in [3.05, 3.63) is 38.3 Å². The summed E-state index contributed by atoms with van der Waals surface area (Å²) in [5, 5.41) is 10.7. The third-order valence-corrected chi connectivity index (χ3v) is 3.13. The van der Waals surface area contributed by atoms with Gasteiger partial charge < -0.3 is 5.73 Å². The van der Waals surface area contributed by atoms with Gasteiger partial charge in [-0.1, -0.05) is 25.8 Å². The highest BCUT2D eigenvalue weighted by Crippen LogP contribution is 2.28. The van der Waals surface area contributed by atoms with Gasteiger partial charge in [0.15, 0.2) is 0 Å². The number of benzene rings is 1. The van der Waals surface area contributed by atoms with Crippen LogP contribution in [0.15, 0.2) is 22.7 Å². The number of nitrogens with two attached hydrogens (primary N) is 1. The van der Waals surface area contributed by atoms with Crippen molar-refractivity contribution in [1.29, 1.82) is 0 Å². The van der Waals surface area contributed by atoms with E-state index in [0.717, 1.165) is 24.8 Å². The Labute approximate surface area is 103 Å². The zero-order chi connectivity index (χ0) is 12.1. The van der Waals surface area contributed by atoms with Gasteiger partial charge in [-0.15, -0.1) is 0 Å². The van der Waals surface area contributed by atoms with E-state index in [1.54, 1.807) is 12.1 Å². The average Bonchev–Trinajstić information content (AvgIpc) is 2.26. The predicted octanol–water partition coefficient (Wildman–Crippen LogP) is 3.55. The van der Waals surface area contributed by atoms with Gasteiger partial charge in [0.1, 0.15) is 0 Å². The van der Waals surface area contributed by atoms with E-state index < -0.39 is 4.92 Å². The summed E-state index contributed by atoms with van der Waals surface area (Å²) >= 11 is 3.15.